The number of hydrogen-bond donors (Lipinski definition) is 3. The molecule has 0 aromatic heterocycles. The third-order valence-corrected chi connectivity index (χ3v) is 2.49. The summed E-state index contributed by atoms with van der Waals surface area (Å²) in [4.78, 5) is 22.1. The Kier molecular flexibility index (Phi) is 6.38. The monoisotopic (exact) mass is 302 g/mol. The van der Waals surface area contributed by atoms with E-state index in [1.54, 1.807) is 13.0 Å². The predicted molar refractivity (Wildman–Crippen MR) is 71.5 cm³/mol. The van der Waals surface area contributed by atoms with E-state index >= 15 is 0 Å². The number of anilines is 1. The van der Waals surface area contributed by atoms with Gasteiger partial charge in [0.1, 0.15) is 5.75 Å². The molecule has 0 aliphatic heterocycles. The van der Waals surface area contributed by atoms with E-state index in [0.29, 0.717) is 0 Å². The third-order valence-electron chi connectivity index (χ3n) is 2.49. The van der Waals surface area contributed by atoms with Gasteiger partial charge in [0, 0.05) is 13.0 Å². The fourth-order valence-electron chi connectivity index (χ4n) is 1.57. The summed E-state index contributed by atoms with van der Waals surface area (Å²) in [6.07, 6.45) is -0.0780. The van der Waals surface area contributed by atoms with Crippen molar-refractivity contribution in [3.63, 3.8) is 0 Å². The van der Waals surface area contributed by atoms with Gasteiger partial charge in [-0.1, -0.05) is 19.1 Å². The standard InChI is InChI=1S/C13H16F2N2O4/c1-8(6-11(18)19)7-16-13(20)17-9-4-2-3-5-10(9)21-12(14)15/h2-5,8,12H,6-7H2,1H3,(H,18,19)(H2,16,17,20). The maximum atomic E-state index is 12.2. The smallest absolute Gasteiger partial charge is 0.387 e. The fourth-order valence-corrected chi connectivity index (χ4v) is 1.57. The number of urea groups is 1. The minimum Gasteiger partial charge on any atom is -0.481 e. The normalized spacial score (nSPS) is 11.8. The molecule has 1 rings (SSSR count). The molecule has 0 fully saturated rings. The van der Waals surface area contributed by atoms with Gasteiger partial charge in [-0.05, 0) is 18.1 Å². The van der Waals surface area contributed by atoms with Gasteiger partial charge in [-0.15, -0.1) is 0 Å². The van der Waals surface area contributed by atoms with Crippen LogP contribution >= 0.6 is 0 Å². The molecule has 21 heavy (non-hydrogen) atoms. The van der Waals surface area contributed by atoms with Gasteiger partial charge >= 0.3 is 18.6 Å². The molecule has 0 aliphatic rings. The van der Waals surface area contributed by atoms with Gasteiger partial charge in [-0.25, -0.2) is 4.79 Å². The number of benzene rings is 1. The minimum absolute atomic E-state index is 0.0780. The summed E-state index contributed by atoms with van der Waals surface area (Å²) in [5.74, 6) is -1.36. The molecular formula is C13H16F2N2O4. The molecule has 2 amide bonds. The van der Waals surface area contributed by atoms with Crippen LogP contribution in [0.1, 0.15) is 13.3 Å². The number of aliphatic carboxylic acids is 1. The number of alkyl halides is 2. The predicted octanol–water partition coefficient (Wildman–Crippen LogP) is 2.52. The highest BCUT2D eigenvalue weighted by Crippen LogP contribution is 2.25. The zero-order valence-corrected chi connectivity index (χ0v) is 11.3. The number of nitrogens with one attached hydrogen (secondary N) is 2. The van der Waals surface area contributed by atoms with E-state index in [-0.39, 0.29) is 30.3 Å². The molecule has 1 aromatic rings. The molecule has 1 atom stereocenters. The van der Waals surface area contributed by atoms with Crippen LogP contribution < -0.4 is 15.4 Å². The molecule has 0 aliphatic carbocycles. The number of para-hydroxylation sites is 2. The Hall–Kier alpha value is -2.38. The van der Waals surface area contributed by atoms with Crippen molar-refractivity contribution in [2.45, 2.75) is 20.0 Å². The molecule has 0 heterocycles. The van der Waals surface area contributed by atoms with Crippen molar-refractivity contribution in [2.75, 3.05) is 11.9 Å². The van der Waals surface area contributed by atoms with E-state index < -0.39 is 18.6 Å². The molecule has 0 radical (unpaired) electrons. The van der Waals surface area contributed by atoms with Crippen molar-refractivity contribution in [3.05, 3.63) is 24.3 Å². The maximum Gasteiger partial charge on any atom is 0.387 e. The number of halogens is 2. The van der Waals surface area contributed by atoms with Crippen molar-refractivity contribution in [1.82, 2.24) is 5.32 Å². The number of carboxylic acid groups (broad SMARTS) is 1. The molecule has 1 unspecified atom stereocenters. The van der Waals surface area contributed by atoms with E-state index in [1.807, 2.05) is 0 Å². The highest BCUT2D eigenvalue weighted by Gasteiger charge is 2.13. The van der Waals surface area contributed by atoms with Gasteiger partial charge in [-0.2, -0.15) is 8.78 Å². The molecule has 8 heteroatoms. The molecule has 6 nitrogen and oxygen atoms in total. The Bertz CT molecular complexity index is 497. The van der Waals surface area contributed by atoms with Crippen LogP contribution in [-0.4, -0.2) is 30.3 Å². The van der Waals surface area contributed by atoms with Crippen molar-refractivity contribution >= 4 is 17.7 Å². The van der Waals surface area contributed by atoms with Crippen molar-refractivity contribution in [2.24, 2.45) is 5.92 Å². The Balaban J connectivity index is 2.53. The van der Waals surface area contributed by atoms with Crippen LogP contribution in [-0.2, 0) is 4.79 Å². The lowest BCUT2D eigenvalue weighted by atomic mass is 10.1. The zero-order valence-electron chi connectivity index (χ0n) is 11.3. The number of carbonyl (C=O) groups is 2. The topological polar surface area (TPSA) is 87.7 Å². The molecule has 0 saturated heterocycles. The molecule has 116 valence electrons. The van der Waals surface area contributed by atoms with E-state index in [9.17, 15) is 18.4 Å². The highest BCUT2D eigenvalue weighted by atomic mass is 19.3. The van der Waals surface area contributed by atoms with E-state index in [1.165, 1.54) is 18.2 Å². The number of rotatable bonds is 7. The first-order valence-electron chi connectivity index (χ1n) is 6.19. The van der Waals surface area contributed by atoms with Crippen molar-refractivity contribution < 1.29 is 28.2 Å². The maximum absolute atomic E-state index is 12.2. The van der Waals surface area contributed by atoms with Gasteiger partial charge in [0.25, 0.3) is 0 Å². The number of carboxylic acids is 1. The average molecular weight is 302 g/mol. The van der Waals surface area contributed by atoms with Crippen LogP contribution in [0.3, 0.4) is 0 Å². The second-order valence-corrected chi connectivity index (χ2v) is 4.41. The van der Waals surface area contributed by atoms with Gasteiger partial charge in [0.05, 0.1) is 5.69 Å². The lowest BCUT2D eigenvalue weighted by molar-refractivity contribution is -0.137. The molecule has 0 bridgehead atoms. The summed E-state index contributed by atoms with van der Waals surface area (Å²) >= 11 is 0. The molecular weight excluding hydrogens is 286 g/mol. The summed E-state index contributed by atoms with van der Waals surface area (Å²) in [5.41, 5.74) is 0.0983. The lowest BCUT2D eigenvalue weighted by Crippen LogP contribution is -2.33. The van der Waals surface area contributed by atoms with Crippen LogP contribution in [0, 0.1) is 5.92 Å². The summed E-state index contributed by atoms with van der Waals surface area (Å²) in [7, 11) is 0. The first-order valence-corrected chi connectivity index (χ1v) is 6.19. The largest absolute Gasteiger partial charge is 0.481 e. The summed E-state index contributed by atoms with van der Waals surface area (Å²) in [6, 6.07) is 5.14. The molecule has 0 spiro atoms. The van der Waals surface area contributed by atoms with Crippen LogP contribution in [0.4, 0.5) is 19.3 Å². The van der Waals surface area contributed by atoms with Crippen molar-refractivity contribution in [3.8, 4) is 5.75 Å². The number of hydrogen-bond acceptors (Lipinski definition) is 3. The van der Waals surface area contributed by atoms with Gasteiger partial charge < -0.3 is 20.5 Å². The highest BCUT2D eigenvalue weighted by molar-refractivity contribution is 5.90. The van der Waals surface area contributed by atoms with E-state index in [2.05, 4.69) is 15.4 Å². The zero-order chi connectivity index (χ0) is 15.8. The molecule has 1 aromatic carbocycles. The van der Waals surface area contributed by atoms with E-state index in [0.717, 1.165) is 0 Å². The first kappa shape index (κ1) is 16.7. The summed E-state index contributed by atoms with van der Waals surface area (Å²) < 4.78 is 28.7. The second kappa shape index (κ2) is 8.03. The average Bonchev–Trinajstić information content (AvgIpc) is 2.37. The molecule has 3 N–H and O–H groups in total. The fraction of sp³-hybridized carbons (Fsp3) is 0.385. The van der Waals surface area contributed by atoms with Gasteiger partial charge in [0.15, 0.2) is 0 Å². The first-order chi connectivity index (χ1) is 9.88. The summed E-state index contributed by atoms with van der Waals surface area (Å²) in [5, 5.41) is 13.4. The van der Waals surface area contributed by atoms with E-state index in [4.69, 9.17) is 5.11 Å². The molecule has 0 saturated carbocycles. The summed E-state index contributed by atoms with van der Waals surface area (Å²) in [6.45, 7) is -1.18. The Morgan fingerprint density at radius 2 is 2.00 bits per heavy atom. The Morgan fingerprint density at radius 3 is 2.62 bits per heavy atom. The number of amides is 2. The van der Waals surface area contributed by atoms with Crippen LogP contribution in [0.5, 0.6) is 5.75 Å². The van der Waals surface area contributed by atoms with Crippen molar-refractivity contribution in [1.29, 1.82) is 0 Å². The lowest BCUT2D eigenvalue weighted by Gasteiger charge is -2.14. The number of carbonyl (C=O) groups excluding carboxylic acids is 1. The SMILES string of the molecule is CC(CNC(=O)Nc1ccccc1OC(F)F)CC(=O)O. The quantitative estimate of drug-likeness (QED) is 0.722. The number of ether oxygens (including phenoxy) is 1. The van der Waals surface area contributed by atoms with Gasteiger partial charge in [0.2, 0.25) is 0 Å². The third kappa shape index (κ3) is 6.55. The van der Waals surface area contributed by atoms with Crippen LogP contribution in [0.25, 0.3) is 0 Å². The van der Waals surface area contributed by atoms with Gasteiger partial charge in [-0.3, -0.25) is 4.79 Å². The van der Waals surface area contributed by atoms with Crippen LogP contribution in [0.15, 0.2) is 24.3 Å². The minimum atomic E-state index is -2.99. The Morgan fingerprint density at radius 1 is 1.33 bits per heavy atom. The van der Waals surface area contributed by atoms with Crippen LogP contribution in [0.2, 0.25) is 0 Å². The second-order valence-electron chi connectivity index (χ2n) is 4.41. The Labute approximate surface area is 120 Å².